The lowest BCUT2D eigenvalue weighted by molar-refractivity contribution is -0.140. The standard InChI is InChI=1S/C25H30F4N2O4S/c1-16-6-8-21(12-20(16)13-24(32)33)36(34,35)31-17(2)14-30(15-18(31)3)10-4-5-19-7-9-22(23(26)11-19)25(27,28)29/h6-9,11-12,17-18H,4-5,10,13-15H2,1-3H3,(H,32,33)/t17-,18+. The smallest absolute Gasteiger partial charge is 0.419 e. The summed E-state index contributed by atoms with van der Waals surface area (Å²) in [5.41, 5.74) is 0.339. The fraction of sp³-hybridized carbons (Fsp3) is 0.480. The summed E-state index contributed by atoms with van der Waals surface area (Å²) in [5.74, 6) is -2.33. The second kappa shape index (κ2) is 10.9. The van der Waals surface area contributed by atoms with Gasteiger partial charge in [0, 0.05) is 25.2 Å². The lowest BCUT2D eigenvalue weighted by Crippen LogP contribution is -2.58. The van der Waals surface area contributed by atoms with Gasteiger partial charge in [-0.3, -0.25) is 4.79 Å². The molecule has 2 aromatic rings. The molecule has 11 heteroatoms. The third-order valence-corrected chi connectivity index (χ3v) is 8.55. The van der Waals surface area contributed by atoms with Crippen LogP contribution in [0.3, 0.4) is 0 Å². The van der Waals surface area contributed by atoms with Gasteiger partial charge in [-0.15, -0.1) is 0 Å². The minimum absolute atomic E-state index is 0.0563. The Morgan fingerprint density at radius 3 is 2.28 bits per heavy atom. The van der Waals surface area contributed by atoms with E-state index in [4.69, 9.17) is 5.11 Å². The summed E-state index contributed by atoms with van der Waals surface area (Å²) >= 11 is 0. The number of aryl methyl sites for hydroxylation is 2. The zero-order valence-electron chi connectivity index (χ0n) is 20.3. The number of sulfonamides is 1. The molecule has 0 amide bonds. The van der Waals surface area contributed by atoms with Crippen LogP contribution in [0.2, 0.25) is 0 Å². The van der Waals surface area contributed by atoms with Crippen molar-refractivity contribution in [2.75, 3.05) is 19.6 Å². The molecular formula is C25H30F4N2O4S. The Bertz CT molecular complexity index is 1210. The van der Waals surface area contributed by atoms with Gasteiger partial charge in [-0.2, -0.15) is 17.5 Å². The number of benzene rings is 2. The van der Waals surface area contributed by atoms with Crippen LogP contribution >= 0.6 is 0 Å². The number of hydrogen-bond donors (Lipinski definition) is 1. The molecule has 1 fully saturated rings. The molecule has 2 aromatic carbocycles. The first-order valence-electron chi connectivity index (χ1n) is 11.6. The van der Waals surface area contributed by atoms with E-state index in [1.807, 2.05) is 0 Å². The molecule has 0 bridgehead atoms. The van der Waals surface area contributed by atoms with E-state index in [-0.39, 0.29) is 23.4 Å². The van der Waals surface area contributed by atoms with E-state index in [2.05, 4.69) is 4.90 Å². The number of rotatable bonds is 8. The highest BCUT2D eigenvalue weighted by Gasteiger charge is 2.38. The van der Waals surface area contributed by atoms with Crippen LogP contribution in [-0.4, -0.2) is 60.4 Å². The number of carbonyl (C=O) groups is 1. The van der Waals surface area contributed by atoms with Crippen LogP contribution in [0.25, 0.3) is 0 Å². The average Bonchev–Trinajstić information content (AvgIpc) is 2.73. The van der Waals surface area contributed by atoms with Crippen LogP contribution in [0.15, 0.2) is 41.3 Å². The number of aliphatic carboxylic acids is 1. The quantitative estimate of drug-likeness (QED) is 0.509. The average molecular weight is 531 g/mol. The Labute approximate surface area is 208 Å². The molecule has 1 heterocycles. The summed E-state index contributed by atoms with van der Waals surface area (Å²) < 4.78 is 80.4. The molecular weight excluding hydrogens is 500 g/mol. The van der Waals surface area contributed by atoms with Gasteiger partial charge in [0.1, 0.15) is 5.82 Å². The molecule has 0 aromatic heterocycles. The summed E-state index contributed by atoms with van der Waals surface area (Å²) in [6, 6.07) is 6.77. The largest absolute Gasteiger partial charge is 0.481 e. The van der Waals surface area contributed by atoms with Crippen LogP contribution in [0.1, 0.15) is 42.5 Å². The van der Waals surface area contributed by atoms with E-state index in [1.165, 1.54) is 22.5 Å². The Kier molecular flexibility index (Phi) is 8.47. The van der Waals surface area contributed by atoms with Crippen molar-refractivity contribution in [3.05, 3.63) is 64.5 Å². The van der Waals surface area contributed by atoms with Gasteiger partial charge in [0.15, 0.2) is 0 Å². The van der Waals surface area contributed by atoms with Gasteiger partial charge < -0.3 is 10.0 Å². The van der Waals surface area contributed by atoms with Gasteiger partial charge in [0.05, 0.1) is 16.9 Å². The lowest BCUT2D eigenvalue weighted by atomic mass is 10.1. The molecule has 1 aliphatic heterocycles. The Hall–Kier alpha value is -2.50. The molecule has 0 radical (unpaired) electrons. The molecule has 0 aliphatic carbocycles. The van der Waals surface area contributed by atoms with E-state index in [0.717, 1.165) is 12.1 Å². The van der Waals surface area contributed by atoms with Gasteiger partial charge in [-0.1, -0.05) is 12.1 Å². The molecule has 0 unspecified atom stereocenters. The van der Waals surface area contributed by atoms with Crippen molar-refractivity contribution in [3.8, 4) is 0 Å². The van der Waals surface area contributed by atoms with Crippen molar-refractivity contribution < 1.29 is 35.9 Å². The normalized spacial score (nSPS) is 20.0. The Morgan fingerprint density at radius 1 is 1.08 bits per heavy atom. The van der Waals surface area contributed by atoms with E-state index in [0.29, 0.717) is 49.2 Å². The van der Waals surface area contributed by atoms with Gasteiger partial charge in [0.2, 0.25) is 10.0 Å². The Morgan fingerprint density at radius 2 is 1.72 bits per heavy atom. The van der Waals surface area contributed by atoms with Crippen LogP contribution in [0.5, 0.6) is 0 Å². The minimum atomic E-state index is -4.73. The van der Waals surface area contributed by atoms with Crippen molar-refractivity contribution in [2.45, 2.75) is 63.2 Å². The fourth-order valence-corrected chi connectivity index (χ4v) is 6.66. The van der Waals surface area contributed by atoms with Gasteiger partial charge in [-0.05, 0) is 81.1 Å². The number of halogens is 4. The maximum atomic E-state index is 13.8. The van der Waals surface area contributed by atoms with Crippen LogP contribution in [0.4, 0.5) is 17.6 Å². The molecule has 1 saturated heterocycles. The third-order valence-electron chi connectivity index (χ3n) is 6.43. The summed E-state index contributed by atoms with van der Waals surface area (Å²) in [5, 5.41) is 9.12. The predicted octanol–water partition coefficient (Wildman–Crippen LogP) is 4.50. The van der Waals surface area contributed by atoms with E-state index in [9.17, 15) is 30.8 Å². The third kappa shape index (κ3) is 6.43. The second-order valence-electron chi connectivity index (χ2n) is 9.37. The SMILES string of the molecule is Cc1ccc(S(=O)(=O)N2[C@H](C)CN(CCCc3ccc(C(F)(F)F)c(F)c3)C[C@@H]2C)cc1CC(=O)O. The van der Waals surface area contributed by atoms with Gasteiger partial charge in [-0.25, -0.2) is 12.8 Å². The number of alkyl halides is 3. The van der Waals surface area contributed by atoms with Gasteiger partial charge in [0.25, 0.3) is 0 Å². The molecule has 0 spiro atoms. The molecule has 198 valence electrons. The predicted molar refractivity (Wildman–Crippen MR) is 127 cm³/mol. The Balaban J connectivity index is 1.64. The van der Waals surface area contributed by atoms with Gasteiger partial charge >= 0.3 is 12.1 Å². The molecule has 0 saturated carbocycles. The number of piperazine rings is 1. The highest BCUT2D eigenvalue weighted by molar-refractivity contribution is 7.89. The fourth-order valence-electron chi connectivity index (χ4n) is 4.81. The van der Waals surface area contributed by atoms with Crippen molar-refractivity contribution in [3.63, 3.8) is 0 Å². The number of nitrogens with zero attached hydrogens (tertiary/aromatic N) is 2. The minimum Gasteiger partial charge on any atom is -0.481 e. The monoisotopic (exact) mass is 530 g/mol. The maximum Gasteiger partial charge on any atom is 0.419 e. The summed E-state index contributed by atoms with van der Waals surface area (Å²) in [4.78, 5) is 13.3. The molecule has 36 heavy (non-hydrogen) atoms. The molecule has 3 rings (SSSR count). The number of carboxylic acid groups (broad SMARTS) is 1. The number of hydrogen-bond acceptors (Lipinski definition) is 4. The lowest BCUT2D eigenvalue weighted by Gasteiger charge is -2.43. The highest BCUT2D eigenvalue weighted by atomic mass is 32.2. The zero-order chi connectivity index (χ0) is 26.8. The first-order chi connectivity index (χ1) is 16.7. The topological polar surface area (TPSA) is 77.9 Å². The highest BCUT2D eigenvalue weighted by Crippen LogP contribution is 2.32. The first kappa shape index (κ1) is 28.1. The summed E-state index contributed by atoms with van der Waals surface area (Å²) in [6.07, 6.45) is -4.03. The van der Waals surface area contributed by atoms with Crippen molar-refractivity contribution in [1.82, 2.24) is 9.21 Å². The first-order valence-corrected chi connectivity index (χ1v) is 13.1. The van der Waals surface area contributed by atoms with Crippen molar-refractivity contribution in [2.24, 2.45) is 0 Å². The zero-order valence-corrected chi connectivity index (χ0v) is 21.2. The molecule has 1 N–H and O–H groups in total. The molecule has 6 nitrogen and oxygen atoms in total. The van der Waals surface area contributed by atoms with Crippen molar-refractivity contribution in [1.29, 1.82) is 0 Å². The molecule has 2 atom stereocenters. The van der Waals surface area contributed by atoms with Crippen LogP contribution < -0.4 is 0 Å². The maximum absolute atomic E-state index is 13.8. The summed E-state index contributed by atoms with van der Waals surface area (Å²) in [7, 11) is -3.86. The van der Waals surface area contributed by atoms with Crippen LogP contribution in [-0.2, 0) is 33.8 Å². The molecule has 1 aliphatic rings. The van der Waals surface area contributed by atoms with E-state index >= 15 is 0 Å². The van der Waals surface area contributed by atoms with E-state index in [1.54, 1.807) is 26.8 Å². The summed E-state index contributed by atoms with van der Waals surface area (Å²) in [6.45, 7) is 6.84. The van der Waals surface area contributed by atoms with Crippen LogP contribution in [0, 0.1) is 12.7 Å². The number of carboxylic acids is 1. The van der Waals surface area contributed by atoms with Crippen molar-refractivity contribution >= 4 is 16.0 Å². The second-order valence-corrected chi connectivity index (χ2v) is 11.2. The van der Waals surface area contributed by atoms with E-state index < -0.39 is 33.5 Å².